The lowest BCUT2D eigenvalue weighted by molar-refractivity contribution is -0.140. The van der Waals surface area contributed by atoms with Crippen LogP contribution in [0.5, 0.6) is 0 Å². The molecule has 21 heavy (non-hydrogen) atoms. The molecule has 2 N–H and O–H groups in total. The molecule has 5 nitrogen and oxygen atoms in total. The van der Waals surface area contributed by atoms with Gasteiger partial charge in [0.05, 0.1) is 18.4 Å². The van der Waals surface area contributed by atoms with Crippen molar-refractivity contribution < 1.29 is 14.3 Å². The van der Waals surface area contributed by atoms with Gasteiger partial charge < -0.3 is 10.5 Å². The van der Waals surface area contributed by atoms with Crippen LogP contribution in [0.2, 0.25) is 0 Å². The van der Waals surface area contributed by atoms with Gasteiger partial charge in [-0.1, -0.05) is 0 Å². The minimum absolute atomic E-state index is 0.0148. The van der Waals surface area contributed by atoms with Gasteiger partial charge in [-0.3, -0.25) is 14.5 Å². The van der Waals surface area contributed by atoms with E-state index in [2.05, 4.69) is 22.4 Å². The number of likely N-dealkylation sites (tertiary alicyclic amines) is 1. The summed E-state index contributed by atoms with van der Waals surface area (Å²) in [7, 11) is 0.544. The van der Waals surface area contributed by atoms with Crippen molar-refractivity contribution >= 4 is 47.5 Å². The van der Waals surface area contributed by atoms with E-state index in [1.807, 2.05) is 20.8 Å². The molecule has 0 bridgehead atoms. The molecule has 0 radical (unpaired) electrons. The Labute approximate surface area is 143 Å². The van der Waals surface area contributed by atoms with Crippen molar-refractivity contribution in [3.8, 4) is 0 Å². The van der Waals surface area contributed by atoms with Gasteiger partial charge in [0.2, 0.25) is 16.7 Å². The third-order valence-corrected chi connectivity index (χ3v) is 6.00. The van der Waals surface area contributed by atoms with Crippen LogP contribution in [0.4, 0.5) is 0 Å². The minimum Gasteiger partial charge on any atom is -0.377 e. The van der Waals surface area contributed by atoms with Gasteiger partial charge in [-0.15, -0.1) is 30.8 Å². The normalized spacial score (nSPS) is 23.9. The second kappa shape index (κ2) is 9.43. The lowest BCUT2D eigenvalue weighted by atomic mass is 10.1. The highest BCUT2D eigenvalue weighted by Gasteiger charge is 2.40. The van der Waals surface area contributed by atoms with Crippen molar-refractivity contribution in [2.45, 2.75) is 63.9 Å². The summed E-state index contributed by atoms with van der Waals surface area (Å²) in [4.78, 5) is 26.7. The fourth-order valence-corrected chi connectivity index (χ4v) is 4.78. The monoisotopic (exact) mass is 426 g/mol. The first-order valence-electron chi connectivity index (χ1n) is 7.39. The molecule has 5 atom stereocenters. The van der Waals surface area contributed by atoms with Crippen LogP contribution in [0, 0.1) is 0 Å². The van der Waals surface area contributed by atoms with E-state index in [0.29, 0.717) is 21.5 Å². The lowest BCUT2D eigenvalue weighted by Gasteiger charge is -2.24. The number of rotatable bonds is 9. The average molecular weight is 426 g/mol. The quantitative estimate of drug-likeness (QED) is 0.262. The van der Waals surface area contributed by atoms with Gasteiger partial charge in [0.25, 0.3) is 0 Å². The zero-order chi connectivity index (χ0) is 16.0. The summed E-state index contributed by atoms with van der Waals surface area (Å²) in [5.41, 5.74) is 5.57. The van der Waals surface area contributed by atoms with Crippen LogP contribution in [-0.2, 0) is 14.3 Å². The maximum Gasteiger partial charge on any atom is 0.236 e. The summed E-state index contributed by atoms with van der Waals surface area (Å²) in [6.45, 7) is 6.40. The number of carbonyl (C=O) groups excluding carboxylic acids is 2. The molecule has 0 aliphatic carbocycles. The molecule has 1 saturated heterocycles. The zero-order valence-electron chi connectivity index (χ0n) is 13.0. The van der Waals surface area contributed by atoms with E-state index in [0.717, 1.165) is 17.7 Å². The topological polar surface area (TPSA) is 72.6 Å². The molecular formula is C13H25BIN2O3P. The van der Waals surface area contributed by atoms with Gasteiger partial charge in [-0.05, 0) is 33.6 Å². The molecule has 1 aliphatic rings. The van der Waals surface area contributed by atoms with Gasteiger partial charge in [-0.25, -0.2) is 0 Å². The van der Waals surface area contributed by atoms with E-state index >= 15 is 0 Å². The Bertz CT molecular complexity index is 373. The average Bonchev–Trinajstić information content (AvgIpc) is 2.69. The molecule has 0 saturated carbocycles. The number of imide groups is 1. The first kappa shape index (κ1) is 19.3. The fraction of sp³-hybridized carbons (Fsp3) is 0.846. The number of ether oxygens (including phenoxy) is 1. The maximum atomic E-state index is 12.3. The van der Waals surface area contributed by atoms with E-state index in [9.17, 15) is 9.59 Å². The Balaban J connectivity index is 2.42. The number of nitrogens with zero attached hydrogens (tertiary/aromatic N) is 1. The third-order valence-electron chi connectivity index (χ3n) is 3.58. The van der Waals surface area contributed by atoms with Crippen molar-refractivity contribution in [2.75, 3.05) is 6.61 Å². The standard InChI is InChI=1S/C13H25BIN2O3P/c1-8(16)7-20-10(3)5-4-9(2)17-12(18)6-11(13(17)19)21-14-15/h8-11,14,21H,4-7,16H2,1-3H3. The summed E-state index contributed by atoms with van der Waals surface area (Å²) < 4.78 is 5.62. The molecule has 1 rings (SSSR count). The molecule has 1 aliphatic heterocycles. The summed E-state index contributed by atoms with van der Waals surface area (Å²) in [5.74, 6) is 0.00523. The van der Waals surface area contributed by atoms with Crippen LogP contribution in [0.15, 0.2) is 0 Å². The van der Waals surface area contributed by atoms with Crippen LogP contribution in [0.3, 0.4) is 0 Å². The molecule has 1 heterocycles. The predicted octanol–water partition coefficient (Wildman–Crippen LogP) is 1.41. The number of hydrogen-bond acceptors (Lipinski definition) is 4. The minimum atomic E-state index is -0.0800. The van der Waals surface area contributed by atoms with E-state index in [1.54, 1.807) is 0 Å². The Morgan fingerprint density at radius 3 is 2.67 bits per heavy atom. The Morgan fingerprint density at radius 2 is 2.10 bits per heavy atom. The Kier molecular flexibility index (Phi) is 8.68. The van der Waals surface area contributed by atoms with Gasteiger partial charge >= 0.3 is 0 Å². The number of nitrogens with two attached hydrogens (primary N) is 1. The van der Waals surface area contributed by atoms with E-state index in [-0.39, 0.29) is 35.7 Å². The molecule has 8 heteroatoms. The molecule has 120 valence electrons. The van der Waals surface area contributed by atoms with Crippen molar-refractivity contribution in [3.63, 3.8) is 0 Å². The first-order valence-corrected chi connectivity index (χ1v) is 10.2. The summed E-state index contributed by atoms with van der Waals surface area (Å²) in [5, 5.41) is 0. The molecule has 0 aromatic carbocycles. The Hall–Kier alpha value is 0.285. The zero-order valence-corrected chi connectivity index (χ0v) is 16.1. The van der Waals surface area contributed by atoms with E-state index in [4.69, 9.17) is 10.5 Å². The molecule has 1 fully saturated rings. The maximum absolute atomic E-state index is 12.3. The molecule has 0 aromatic rings. The van der Waals surface area contributed by atoms with Crippen LogP contribution in [-0.4, -0.2) is 52.0 Å². The second-order valence-electron chi connectivity index (χ2n) is 5.74. The van der Waals surface area contributed by atoms with Crippen LogP contribution in [0.1, 0.15) is 40.0 Å². The van der Waals surface area contributed by atoms with Gasteiger partial charge in [0.1, 0.15) is 0 Å². The largest absolute Gasteiger partial charge is 0.377 e. The number of halogens is 1. The smallest absolute Gasteiger partial charge is 0.236 e. The molecular weight excluding hydrogens is 401 g/mol. The Morgan fingerprint density at radius 1 is 1.43 bits per heavy atom. The van der Waals surface area contributed by atoms with Crippen molar-refractivity contribution in [2.24, 2.45) is 5.73 Å². The van der Waals surface area contributed by atoms with Crippen LogP contribution in [0.25, 0.3) is 0 Å². The fourth-order valence-electron chi connectivity index (χ4n) is 2.37. The van der Waals surface area contributed by atoms with E-state index < -0.39 is 0 Å². The summed E-state index contributed by atoms with van der Waals surface area (Å²) >= 11 is 2.26. The third kappa shape index (κ3) is 6.12. The van der Waals surface area contributed by atoms with Gasteiger partial charge in [-0.2, -0.15) is 0 Å². The lowest BCUT2D eigenvalue weighted by Crippen LogP contribution is -2.39. The summed E-state index contributed by atoms with van der Waals surface area (Å²) in [6.07, 6.45) is 2.08. The van der Waals surface area contributed by atoms with Crippen LogP contribution < -0.4 is 5.73 Å². The molecule has 0 aromatic heterocycles. The summed E-state index contributed by atoms with van der Waals surface area (Å²) in [6, 6.07) is -0.0167. The first-order chi connectivity index (χ1) is 9.86. The van der Waals surface area contributed by atoms with Crippen molar-refractivity contribution in [1.29, 1.82) is 0 Å². The van der Waals surface area contributed by atoms with Gasteiger partial charge in [0.15, 0.2) is 0 Å². The number of hydrogen-bond donors (Lipinski definition) is 1. The number of carbonyl (C=O) groups is 2. The molecule has 5 unspecified atom stereocenters. The van der Waals surface area contributed by atoms with Crippen LogP contribution >= 0.6 is 30.8 Å². The highest BCUT2D eigenvalue weighted by Crippen LogP contribution is 2.32. The van der Waals surface area contributed by atoms with Crippen molar-refractivity contribution in [3.05, 3.63) is 0 Å². The van der Waals surface area contributed by atoms with E-state index in [1.165, 1.54) is 4.90 Å². The van der Waals surface area contributed by atoms with Crippen molar-refractivity contribution in [1.82, 2.24) is 4.90 Å². The van der Waals surface area contributed by atoms with Gasteiger partial charge in [0, 0.05) is 18.5 Å². The molecule has 0 spiro atoms. The number of amides is 2. The highest BCUT2D eigenvalue weighted by molar-refractivity contribution is 14.1. The second-order valence-corrected chi connectivity index (χ2v) is 9.40. The predicted molar refractivity (Wildman–Crippen MR) is 97.5 cm³/mol. The molecule has 2 amide bonds. The highest BCUT2D eigenvalue weighted by atomic mass is 127. The SMILES string of the molecule is CC(N)COC(C)CCC(C)N1C(=O)CC(PBI)C1=O.